The summed E-state index contributed by atoms with van der Waals surface area (Å²) < 4.78 is 1.67. The number of hydrogen-bond donors (Lipinski definition) is 3. The van der Waals surface area contributed by atoms with Gasteiger partial charge in [-0.2, -0.15) is 5.10 Å². The Morgan fingerprint density at radius 2 is 2.22 bits per heavy atom. The molecule has 2 aromatic rings. The third-order valence-electron chi connectivity index (χ3n) is 4.18. The van der Waals surface area contributed by atoms with Crippen LogP contribution in [-0.2, 0) is 11.3 Å². The Morgan fingerprint density at radius 1 is 1.39 bits per heavy atom. The third-order valence-corrected chi connectivity index (χ3v) is 4.18. The summed E-state index contributed by atoms with van der Waals surface area (Å²) in [6.07, 6.45) is 1.15. The molecule has 3 N–H and O–H groups in total. The van der Waals surface area contributed by atoms with Crippen LogP contribution < -0.4 is 16.1 Å². The number of amides is 1. The Morgan fingerprint density at radius 3 is 3.00 bits per heavy atom. The van der Waals surface area contributed by atoms with Crippen LogP contribution >= 0.6 is 0 Å². The fourth-order valence-electron chi connectivity index (χ4n) is 2.81. The number of aromatic nitrogens is 2. The van der Waals surface area contributed by atoms with Gasteiger partial charge in [-0.1, -0.05) is 12.1 Å². The van der Waals surface area contributed by atoms with Gasteiger partial charge in [0.1, 0.15) is 0 Å². The van der Waals surface area contributed by atoms with Gasteiger partial charge in [0, 0.05) is 37.4 Å². The zero-order valence-electron chi connectivity index (χ0n) is 12.7. The average Bonchev–Trinajstić information content (AvgIpc) is 2.98. The summed E-state index contributed by atoms with van der Waals surface area (Å²) >= 11 is 0. The standard InChI is InChI=1S/C16H20N4O3/c21-14-9-17-7-11(14)8-18-16(23)5-6-20-13-4-2-1-3-12(13)15(22)10-19-20/h1-4,10-11,14,17,21H,5-9H2,(H,18,23). The lowest BCUT2D eigenvalue weighted by Gasteiger charge is -2.14. The number of β-amino-alcohol motifs (C(OH)–C–C–N with tert-alkyl or cyclic N) is 1. The van der Waals surface area contributed by atoms with E-state index in [1.54, 1.807) is 10.7 Å². The molecule has 1 saturated heterocycles. The third kappa shape index (κ3) is 3.57. The van der Waals surface area contributed by atoms with Crippen LogP contribution in [0.4, 0.5) is 0 Å². The molecule has 1 aliphatic rings. The van der Waals surface area contributed by atoms with Crippen molar-refractivity contribution in [3.05, 3.63) is 40.7 Å². The summed E-state index contributed by atoms with van der Waals surface area (Å²) in [6, 6.07) is 7.23. The largest absolute Gasteiger partial charge is 0.391 e. The number of benzene rings is 1. The van der Waals surface area contributed by atoms with Crippen molar-refractivity contribution in [1.82, 2.24) is 20.4 Å². The number of nitrogens with zero attached hydrogens (tertiary/aromatic N) is 2. The lowest BCUT2D eigenvalue weighted by atomic mass is 10.1. The molecule has 3 rings (SSSR count). The number of aliphatic hydroxyl groups is 1. The minimum Gasteiger partial charge on any atom is -0.391 e. The van der Waals surface area contributed by atoms with Crippen LogP contribution in [0.25, 0.3) is 10.9 Å². The van der Waals surface area contributed by atoms with Crippen molar-refractivity contribution in [2.45, 2.75) is 19.1 Å². The van der Waals surface area contributed by atoms with Gasteiger partial charge in [0.05, 0.1) is 24.4 Å². The molecule has 0 aliphatic carbocycles. The molecule has 23 heavy (non-hydrogen) atoms. The molecule has 7 heteroatoms. The number of rotatable bonds is 5. The molecule has 2 atom stereocenters. The summed E-state index contributed by atoms with van der Waals surface area (Å²) in [5.41, 5.74) is 0.604. The molecule has 1 aliphatic heterocycles. The number of carbonyl (C=O) groups is 1. The van der Waals surface area contributed by atoms with Gasteiger partial charge in [-0.15, -0.1) is 0 Å². The van der Waals surface area contributed by atoms with E-state index in [0.29, 0.717) is 31.6 Å². The summed E-state index contributed by atoms with van der Waals surface area (Å²) in [7, 11) is 0. The summed E-state index contributed by atoms with van der Waals surface area (Å²) in [4.78, 5) is 23.7. The summed E-state index contributed by atoms with van der Waals surface area (Å²) in [6.45, 7) is 2.16. The highest BCUT2D eigenvalue weighted by Gasteiger charge is 2.24. The second kappa shape index (κ2) is 6.89. The number of nitrogens with one attached hydrogen (secondary N) is 2. The monoisotopic (exact) mass is 316 g/mol. The number of aliphatic hydroxyl groups excluding tert-OH is 1. The van der Waals surface area contributed by atoms with Crippen molar-refractivity contribution in [3.8, 4) is 0 Å². The van der Waals surface area contributed by atoms with Crippen LogP contribution in [0.5, 0.6) is 0 Å². The Labute approximate surface area is 133 Å². The second-order valence-electron chi connectivity index (χ2n) is 5.79. The first kappa shape index (κ1) is 15.6. The van der Waals surface area contributed by atoms with Crippen LogP contribution in [0.1, 0.15) is 6.42 Å². The van der Waals surface area contributed by atoms with Crippen LogP contribution in [0.15, 0.2) is 35.3 Å². The molecular formula is C16H20N4O3. The predicted molar refractivity (Wildman–Crippen MR) is 86.0 cm³/mol. The van der Waals surface area contributed by atoms with Crippen molar-refractivity contribution < 1.29 is 9.90 Å². The van der Waals surface area contributed by atoms with E-state index < -0.39 is 6.10 Å². The molecule has 122 valence electrons. The quantitative estimate of drug-likeness (QED) is 0.690. The van der Waals surface area contributed by atoms with Crippen molar-refractivity contribution in [2.24, 2.45) is 5.92 Å². The van der Waals surface area contributed by atoms with Crippen LogP contribution in [0.3, 0.4) is 0 Å². The highest BCUT2D eigenvalue weighted by molar-refractivity contribution is 5.79. The van der Waals surface area contributed by atoms with E-state index in [9.17, 15) is 14.7 Å². The normalized spacial score (nSPS) is 20.7. The summed E-state index contributed by atoms with van der Waals surface area (Å²) in [5, 5.41) is 20.3. The van der Waals surface area contributed by atoms with E-state index >= 15 is 0 Å². The Balaban J connectivity index is 1.59. The van der Waals surface area contributed by atoms with Gasteiger partial charge < -0.3 is 15.7 Å². The molecule has 7 nitrogen and oxygen atoms in total. The maximum atomic E-state index is 12.0. The van der Waals surface area contributed by atoms with E-state index in [4.69, 9.17) is 0 Å². The Hall–Kier alpha value is -2.25. The molecule has 2 unspecified atom stereocenters. The predicted octanol–water partition coefficient (Wildman–Crippen LogP) is -0.517. The van der Waals surface area contributed by atoms with Gasteiger partial charge in [0.2, 0.25) is 11.3 Å². The fourth-order valence-corrected chi connectivity index (χ4v) is 2.81. The highest BCUT2D eigenvalue weighted by atomic mass is 16.3. The topological polar surface area (TPSA) is 96.2 Å². The van der Waals surface area contributed by atoms with Crippen LogP contribution in [-0.4, -0.2) is 46.5 Å². The van der Waals surface area contributed by atoms with Gasteiger partial charge in [-0.3, -0.25) is 14.3 Å². The zero-order chi connectivity index (χ0) is 16.2. The van der Waals surface area contributed by atoms with Gasteiger partial charge >= 0.3 is 0 Å². The molecule has 0 bridgehead atoms. The van der Waals surface area contributed by atoms with Gasteiger partial charge in [-0.25, -0.2) is 0 Å². The minimum atomic E-state index is -0.403. The van der Waals surface area contributed by atoms with Crippen molar-refractivity contribution in [1.29, 1.82) is 0 Å². The first-order chi connectivity index (χ1) is 11.1. The van der Waals surface area contributed by atoms with E-state index in [1.807, 2.05) is 18.2 Å². The number of hydrogen-bond acceptors (Lipinski definition) is 5. The van der Waals surface area contributed by atoms with E-state index in [2.05, 4.69) is 15.7 Å². The number of para-hydroxylation sites is 1. The lowest BCUT2D eigenvalue weighted by Crippen LogP contribution is -2.34. The second-order valence-corrected chi connectivity index (χ2v) is 5.79. The molecule has 1 amide bonds. The zero-order valence-corrected chi connectivity index (χ0v) is 12.7. The number of aryl methyl sites for hydroxylation is 1. The molecular weight excluding hydrogens is 296 g/mol. The number of fused-ring (bicyclic) bond motifs is 1. The first-order valence-electron chi connectivity index (χ1n) is 7.75. The van der Waals surface area contributed by atoms with E-state index in [-0.39, 0.29) is 23.7 Å². The molecule has 0 saturated carbocycles. The maximum Gasteiger partial charge on any atom is 0.221 e. The smallest absolute Gasteiger partial charge is 0.221 e. The minimum absolute atomic E-state index is 0.0605. The average molecular weight is 316 g/mol. The van der Waals surface area contributed by atoms with Crippen LogP contribution in [0, 0.1) is 5.92 Å². The van der Waals surface area contributed by atoms with E-state index in [1.165, 1.54) is 6.20 Å². The van der Waals surface area contributed by atoms with Crippen molar-refractivity contribution in [3.63, 3.8) is 0 Å². The first-order valence-corrected chi connectivity index (χ1v) is 7.75. The fraction of sp³-hybridized carbons (Fsp3) is 0.438. The molecule has 0 spiro atoms. The highest BCUT2D eigenvalue weighted by Crippen LogP contribution is 2.09. The lowest BCUT2D eigenvalue weighted by molar-refractivity contribution is -0.121. The molecule has 1 fully saturated rings. The molecule has 2 heterocycles. The van der Waals surface area contributed by atoms with Gasteiger partial charge in [-0.05, 0) is 12.1 Å². The van der Waals surface area contributed by atoms with E-state index in [0.717, 1.165) is 5.52 Å². The van der Waals surface area contributed by atoms with Crippen LogP contribution in [0.2, 0.25) is 0 Å². The molecule has 0 radical (unpaired) electrons. The maximum absolute atomic E-state index is 12.0. The number of carbonyl (C=O) groups excluding carboxylic acids is 1. The Bertz CT molecular complexity index is 758. The SMILES string of the molecule is O=C(CCn1ncc(=O)c2ccccc21)NCC1CNCC1O. The molecule has 1 aromatic carbocycles. The molecule has 1 aromatic heterocycles. The van der Waals surface area contributed by atoms with Gasteiger partial charge in [0.15, 0.2) is 0 Å². The Kier molecular flexibility index (Phi) is 4.68. The van der Waals surface area contributed by atoms with Crippen molar-refractivity contribution >= 4 is 16.8 Å². The summed E-state index contributed by atoms with van der Waals surface area (Å²) in [5.74, 6) is -0.0287. The van der Waals surface area contributed by atoms with Gasteiger partial charge in [0.25, 0.3) is 0 Å². The van der Waals surface area contributed by atoms with Crippen molar-refractivity contribution in [2.75, 3.05) is 19.6 Å².